The number of hydrogen-bond acceptors (Lipinski definition) is 4. The van der Waals surface area contributed by atoms with Crippen molar-refractivity contribution in [2.75, 3.05) is 24.7 Å². The van der Waals surface area contributed by atoms with Crippen LogP contribution in [0.1, 0.15) is 88.2 Å². The average Bonchev–Trinajstić information content (AvgIpc) is 2.82. The van der Waals surface area contributed by atoms with Gasteiger partial charge in [-0.2, -0.15) is 0 Å². The molecule has 0 saturated heterocycles. The largest absolute Gasteiger partial charge is 0.443 e. The molecule has 0 heterocycles. The predicted molar refractivity (Wildman–Crippen MR) is 139 cm³/mol. The van der Waals surface area contributed by atoms with Crippen LogP contribution in [0, 0.1) is 0 Å². The Labute approximate surface area is 205 Å². The van der Waals surface area contributed by atoms with Crippen molar-refractivity contribution < 1.29 is 19.1 Å². The number of carbonyl (C=O) groups excluding carboxylic acids is 2. The van der Waals surface area contributed by atoms with Gasteiger partial charge < -0.3 is 9.47 Å². The van der Waals surface area contributed by atoms with E-state index in [0.29, 0.717) is 38.5 Å². The van der Waals surface area contributed by atoms with Gasteiger partial charge in [-0.3, -0.25) is 9.69 Å². The lowest BCUT2D eigenvalue weighted by Gasteiger charge is -2.27. The average molecular weight is 468 g/mol. The minimum atomic E-state index is -0.577. The van der Waals surface area contributed by atoms with Crippen molar-refractivity contribution in [1.29, 1.82) is 0 Å². The number of ether oxygens (including phenoxy) is 2. The Balaban J connectivity index is 1.83. The molecular weight excluding hydrogens is 426 g/mol. The third-order valence-corrected chi connectivity index (χ3v) is 5.84. The smallest absolute Gasteiger partial charge is 0.414 e. The molecular formula is C29H41NO4. The lowest BCUT2D eigenvalue weighted by Crippen LogP contribution is -2.39. The molecule has 2 aromatic rings. The molecule has 34 heavy (non-hydrogen) atoms. The van der Waals surface area contributed by atoms with Crippen LogP contribution in [0.4, 0.5) is 10.5 Å². The summed E-state index contributed by atoms with van der Waals surface area (Å²) in [5, 5.41) is 0. The van der Waals surface area contributed by atoms with Gasteiger partial charge in [0.2, 0.25) is 0 Å². The molecule has 0 radical (unpaired) electrons. The van der Waals surface area contributed by atoms with E-state index >= 15 is 0 Å². The van der Waals surface area contributed by atoms with E-state index in [2.05, 4.69) is 32.9 Å². The van der Waals surface area contributed by atoms with Crippen LogP contribution in [0.5, 0.6) is 0 Å². The third kappa shape index (κ3) is 8.94. The number of anilines is 1. The van der Waals surface area contributed by atoms with Gasteiger partial charge in [0.15, 0.2) is 5.78 Å². The lowest BCUT2D eigenvalue weighted by atomic mass is 9.96. The van der Waals surface area contributed by atoms with Gasteiger partial charge in [0.25, 0.3) is 0 Å². The number of hydrogen-bond donors (Lipinski definition) is 0. The minimum Gasteiger partial charge on any atom is -0.443 e. The fourth-order valence-corrected chi connectivity index (χ4v) is 3.52. The summed E-state index contributed by atoms with van der Waals surface area (Å²) >= 11 is 0. The van der Waals surface area contributed by atoms with E-state index < -0.39 is 11.7 Å². The molecule has 186 valence electrons. The molecule has 0 saturated carbocycles. The Bertz CT molecular complexity index is 897. The second-order valence-electron chi connectivity index (χ2n) is 9.72. The molecule has 0 aliphatic carbocycles. The van der Waals surface area contributed by atoms with Crippen molar-refractivity contribution in [3.8, 4) is 0 Å². The van der Waals surface area contributed by atoms with E-state index in [9.17, 15) is 9.59 Å². The monoisotopic (exact) mass is 467 g/mol. The zero-order chi connectivity index (χ0) is 25.1. The van der Waals surface area contributed by atoms with Gasteiger partial charge in [0.1, 0.15) is 5.60 Å². The van der Waals surface area contributed by atoms with Gasteiger partial charge in [0.05, 0.1) is 13.2 Å². The van der Waals surface area contributed by atoms with Crippen molar-refractivity contribution in [2.24, 2.45) is 0 Å². The number of amides is 1. The maximum atomic E-state index is 12.8. The van der Waals surface area contributed by atoms with Crippen molar-refractivity contribution in [2.45, 2.75) is 78.7 Å². The molecule has 0 spiro atoms. The molecule has 1 atom stereocenters. The molecule has 0 fully saturated rings. The highest BCUT2D eigenvalue weighted by molar-refractivity contribution is 5.96. The van der Waals surface area contributed by atoms with Crippen LogP contribution in [0.2, 0.25) is 0 Å². The minimum absolute atomic E-state index is 0.130. The first-order valence-corrected chi connectivity index (χ1v) is 12.4. The predicted octanol–water partition coefficient (Wildman–Crippen LogP) is 7.18. The summed E-state index contributed by atoms with van der Waals surface area (Å²) in [5.41, 5.74) is 3.43. The SMILES string of the molecule is CCc1ccc(N(CCOCCCC(=O)c2ccc(C(C)CC)cc2)C(=O)OC(C)(C)C)cc1. The molecule has 0 aliphatic heterocycles. The Hall–Kier alpha value is -2.66. The second kappa shape index (κ2) is 13.3. The van der Waals surface area contributed by atoms with Crippen LogP contribution in [0.3, 0.4) is 0 Å². The number of ketones is 1. The first kappa shape index (κ1) is 27.6. The highest BCUT2D eigenvalue weighted by atomic mass is 16.6. The summed E-state index contributed by atoms with van der Waals surface area (Å²) in [6, 6.07) is 15.9. The topological polar surface area (TPSA) is 55.8 Å². The molecule has 2 aromatic carbocycles. The quantitative estimate of drug-likeness (QED) is 0.245. The summed E-state index contributed by atoms with van der Waals surface area (Å²) in [6.07, 6.45) is 2.72. The molecule has 0 aromatic heterocycles. The molecule has 0 aliphatic rings. The Morgan fingerprint density at radius 2 is 1.59 bits per heavy atom. The Morgan fingerprint density at radius 1 is 0.941 bits per heavy atom. The van der Waals surface area contributed by atoms with Crippen molar-refractivity contribution in [3.05, 3.63) is 65.2 Å². The fraction of sp³-hybridized carbons (Fsp3) is 0.517. The summed E-state index contributed by atoms with van der Waals surface area (Å²) in [4.78, 5) is 26.8. The molecule has 1 unspecified atom stereocenters. The van der Waals surface area contributed by atoms with Gasteiger partial charge >= 0.3 is 6.09 Å². The normalized spacial score (nSPS) is 12.3. The van der Waals surface area contributed by atoms with Crippen LogP contribution in [0.25, 0.3) is 0 Å². The third-order valence-electron chi connectivity index (χ3n) is 5.84. The van der Waals surface area contributed by atoms with Crippen molar-refractivity contribution in [1.82, 2.24) is 0 Å². The van der Waals surface area contributed by atoms with Gasteiger partial charge in [-0.25, -0.2) is 4.79 Å². The molecule has 0 N–H and O–H groups in total. The van der Waals surface area contributed by atoms with E-state index in [1.54, 1.807) is 4.90 Å². The summed E-state index contributed by atoms with van der Waals surface area (Å²) in [7, 11) is 0. The standard InChI is InChI=1S/C29H41NO4/c1-7-22(3)24-13-15-25(16-14-24)27(31)10-9-20-33-21-19-30(28(32)34-29(4,5)6)26-17-11-23(8-2)12-18-26/h11-18,22H,7-10,19-21H2,1-6H3. The van der Waals surface area contributed by atoms with E-state index in [4.69, 9.17) is 9.47 Å². The Morgan fingerprint density at radius 3 is 2.15 bits per heavy atom. The second-order valence-corrected chi connectivity index (χ2v) is 9.72. The molecule has 0 bridgehead atoms. The number of aryl methyl sites for hydroxylation is 1. The van der Waals surface area contributed by atoms with E-state index in [1.807, 2.05) is 57.2 Å². The number of rotatable bonds is 12. The number of nitrogens with zero attached hydrogens (tertiary/aromatic N) is 1. The number of Topliss-reactive ketones (excluding diaryl/α,β-unsaturated/α-hetero) is 1. The van der Waals surface area contributed by atoms with Crippen LogP contribution in [-0.2, 0) is 15.9 Å². The van der Waals surface area contributed by atoms with E-state index in [0.717, 1.165) is 24.1 Å². The van der Waals surface area contributed by atoms with Crippen molar-refractivity contribution >= 4 is 17.6 Å². The van der Waals surface area contributed by atoms with E-state index in [-0.39, 0.29) is 5.78 Å². The zero-order valence-electron chi connectivity index (χ0n) is 21.7. The van der Waals surface area contributed by atoms with Crippen LogP contribution in [-0.4, -0.2) is 37.2 Å². The number of carbonyl (C=O) groups is 2. The lowest BCUT2D eigenvalue weighted by molar-refractivity contribution is 0.0560. The molecule has 5 nitrogen and oxygen atoms in total. The van der Waals surface area contributed by atoms with Crippen molar-refractivity contribution in [3.63, 3.8) is 0 Å². The van der Waals surface area contributed by atoms with Crippen LogP contribution in [0.15, 0.2) is 48.5 Å². The molecule has 1 amide bonds. The maximum Gasteiger partial charge on any atom is 0.414 e. The van der Waals surface area contributed by atoms with Gasteiger partial charge in [-0.15, -0.1) is 0 Å². The van der Waals surface area contributed by atoms with Gasteiger partial charge in [0, 0.05) is 24.3 Å². The summed E-state index contributed by atoms with van der Waals surface area (Å²) in [5.74, 6) is 0.632. The van der Waals surface area contributed by atoms with E-state index in [1.165, 1.54) is 11.1 Å². The van der Waals surface area contributed by atoms with Crippen LogP contribution < -0.4 is 4.90 Å². The fourth-order valence-electron chi connectivity index (χ4n) is 3.52. The highest BCUT2D eigenvalue weighted by Crippen LogP contribution is 2.21. The Kier molecular flexibility index (Phi) is 10.8. The maximum absolute atomic E-state index is 12.8. The molecule has 5 heteroatoms. The summed E-state index contributed by atoms with van der Waals surface area (Å²) < 4.78 is 11.3. The highest BCUT2D eigenvalue weighted by Gasteiger charge is 2.23. The number of benzene rings is 2. The zero-order valence-corrected chi connectivity index (χ0v) is 21.7. The molecule has 2 rings (SSSR count). The summed E-state index contributed by atoms with van der Waals surface area (Å²) in [6.45, 7) is 13.2. The van der Waals surface area contributed by atoms with Gasteiger partial charge in [-0.05, 0) is 69.2 Å². The van der Waals surface area contributed by atoms with Crippen LogP contribution >= 0.6 is 0 Å². The first-order valence-electron chi connectivity index (χ1n) is 12.4. The first-order chi connectivity index (χ1) is 16.1. The van der Waals surface area contributed by atoms with Gasteiger partial charge in [-0.1, -0.05) is 57.2 Å².